The molecule has 1 heterocycles. The van der Waals surface area contributed by atoms with Gasteiger partial charge >= 0.3 is 6.18 Å². The maximum Gasteiger partial charge on any atom is 0.418 e. The number of tetrazole rings is 1. The number of nitrogens with one attached hydrogen (secondary N) is 2. The van der Waals surface area contributed by atoms with E-state index in [1.807, 2.05) is 30.3 Å². The molecule has 2 aromatic carbocycles. The van der Waals surface area contributed by atoms with E-state index in [1.165, 1.54) is 23.0 Å². The fraction of sp³-hybridized carbons (Fsp3) is 0.222. The summed E-state index contributed by atoms with van der Waals surface area (Å²) in [6.45, 7) is 0.169. The third-order valence-corrected chi connectivity index (χ3v) is 3.87. The highest BCUT2D eigenvalue weighted by atomic mass is 19.4. The highest BCUT2D eigenvalue weighted by Gasteiger charge is 2.33. The standard InChI is InChI=1S/C18H17F3N6O/c1-26(12-27-24-17(23-25-27)13-7-3-2-4-8-13)11-16(28)22-15-10-6-5-9-14(15)18(19,20)21/h2-10H,11-12H2,1H3,(H,22,28)/p+1. The number of benzene rings is 2. The zero-order valence-corrected chi connectivity index (χ0v) is 14.9. The molecule has 0 radical (unpaired) electrons. The minimum Gasteiger partial charge on any atom is -0.321 e. The van der Waals surface area contributed by atoms with Crippen molar-refractivity contribution in [2.24, 2.45) is 0 Å². The van der Waals surface area contributed by atoms with Gasteiger partial charge in [0.15, 0.2) is 13.2 Å². The Labute approximate surface area is 158 Å². The quantitative estimate of drug-likeness (QED) is 0.667. The number of nitrogens with zero attached hydrogens (tertiary/aromatic N) is 4. The zero-order valence-electron chi connectivity index (χ0n) is 14.9. The fourth-order valence-corrected chi connectivity index (χ4v) is 2.62. The molecule has 0 saturated carbocycles. The van der Waals surface area contributed by atoms with Crippen molar-refractivity contribution < 1.29 is 22.9 Å². The maximum absolute atomic E-state index is 13.0. The number of hydrogen-bond acceptors (Lipinski definition) is 4. The second-order valence-corrected chi connectivity index (χ2v) is 6.23. The Balaban J connectivity index is 1.59. The number of aromatic nitrogens is 4. The van der Waals surface area contributed by atoms with E-state index in [4.69, 9.17) is 0 Å². The van der Waals surface area contributed by atoms with Gasteiger partial charge in [0.05, 0.1) is 18.3 Å². The molecule has 0 fully saturated rings. The van der Waals surface area contributed by atoms with Gasteiger partial charge < -0.3 is 10.2 Å². The van der Waals surface area contributed by atoms with E-state index >= 15 is 0 Å². The van der Waals surface area contributed by atoms with Gasteiger partial charge in [-0.05, 0) is 17.3 Å². The lowest BCUT2D eigenvalue weighted by atomic mass is 10.1. The molecule has 28 heavy (non-hydrogen) atoms. The first-order valence-electron chi connectivity index (χ1n) is 8.43. The van der Waals surface area contributed by atoms with E-state index in [-0.39, 0.29) is 18.9 Å². The third-order valence-electron chi connectivity index (χ3n) is 3.87. The van der Waals surface area contributed by atoms with Crippen LogP contribution in [0.1, 0.15) is 5.56 Å². The van der Waals surface area contributed by atoms with Crippen LogP contribution in [0, 0.1) is 0 Å². The van der Waals surface area contributed by atoms with Gasteiger partial charge in [0.25, 0.3) is 5.91 Å². The molecule has 0 aliphatic heterocycles. The lowest BCUT2D eigenvalue weighted by Gasteiger charge is -2.15. The van der Waals surface area contributed by atoms with Gasteiger partial charge in [-0.15, -0.1) is 15.0 Å². The second-order valence-electron chi connectivity index (χ2n) is 6.23. The molecule has 3 rings (SSSR count). The average Bonchev–Trinajstić information content (AvgIpc) is 3.10. The van der Waals surface area contributed by atoms with E-state index < -0.39 is 17.6 Å². The molecule has 1 atom stereocenters. The summed E-state index contributed by atoms with van der Waals surface area (Å²) in [5, 5.41) is 14.5. The summed E-state index contributed by atoms with van der Waals surface area (Å²) in [5.74, 6) is -0.0884. The number of carbonyl (C=O) groups excluding carboxylic acids is 1. The first-order valence-corrected chi connectivity index (χ1v) is 8.43. The molecule has 0 spiro atoms. The summed E-state index contributed by atoms with van der Waals surface area (Å²) in [7, 11) is 1.71. The van der Waals surface area contributed by atoms with Crippen molar-refractivity contribution in [2.75, 3.05) is 18.9 Å². The highest BCUT2D eigenvalue weighted by Crippen LogP contribution is 2.34. The molecule has 0 bridgehead atoms. The summed E-state index contributed by atoms with van der Waals surface area (Å²) < 4.78 is 39.0. The van der Waals surface area contributed by atoms with Crippen LogP contribution in [0.15, 0.2) is 54.6 Å². The fourth-order valence-electron chi connectivity index (χ4n) is 2.62. The molecule has 0 saturated heterocycles. The smallest absolute Gasteiger partial charge is 0.321 e. The molecular formula is C18H18F3N6O+. The number of carbonyl (C=O) groups is 1. The number of likely N-dealkylation sites (N-methyl/N-ethyl adjacent to an activating group) is 1. The summed E-state index contributed by atoms with van der Waals surface area (Å²) in [6, 6.07) is 14.2. The van der Waals surface area contributed by atoms with Gasteiger partial charge in [-0.1, -0.05) is 42.5 Å². The number of halogens is 3. The number of anilines is 1. The summed E-state index contributed by atoms with van der Waals surface area (Å²) in [4.78, 5) is 14.2. The van der Waals surface area contributed by atoms with E-state index in [2.05, 4.69) is 20.7 Å². The molecule has 0 aliphatic carbocycles. The molecule has 0 aliphatic rings. The Bertz CT molecular complexity index is 942. The van der Waals surface area contributed by atoms with E-state index in [0.29, 0.717) is 10.7 Å². The number of alkyl halides is 3. The first kappa shape index (κ1) is 19.5. The average molecular weight is 391 g/mol. The van der Waals surface area contributed by atoms with Crippen LogP contribution in [0.5, 0.6) is 0 Å². The summed E-state index contributed by atoms with van der Waals surface area (Å²) >= 11 is 0. The minimum absolute atomic E-state index is 0.0611. The largest absolute Gasteiger partial charge is 0.418 e. The van der Waals surface area contributed by atoms with Crippen molar-refractivity contribution in [3.63, 3.8) is 0 Å². The van der Waals surface area contributed by atoms with E-state index in [1.54, 1.807) is 7.05 Å². The molecule has 2 N–H and O–H groups in total. The van der Waals surface area contributed by atoms with Crippen LogP contribution in [0.3, 0.4) is 0 Å². The van der Waals surface area contributed by atoms with Gasteiger partial charge in [0.2, 0.25) is 5.82 Å². The lowest BCUT2D eigenvalue weighted by Crippen LogP contribution is -3.09. The normalized spacial score (nSPS) is 12.6. The van der Waals surface area contributed by atoms with Gasteiger partial charge in [-0.25, -0.2) is 0 Å². The molecule has 10 heteroatoms. The lowest BCUT2D eigenvalue weighted by molar-refractivity contribution is -0.896. The van der Waals surface area contributed by atoms with Crippen molar-refractivity contribution in [2.45, 2.75) is 12.8 Å². The van der Waals surface area contributed by atoms with Gasteiger partial charge in [-0.3, -0.25) is 4.79 Å². The maximum atomic E-state index is 13.0. The molecule has 1 aromatic heterocycles. The molecule has 1 amide bonds. The minimum atomic E-state index is -4.54. The number of para-hydroxylation sites is 1. The third kappa shape index (κ3) is 4.92. The van der Waals surface area contributed by atoms with Crippen LogP contribution in [-0.4, -0.2) is 39.7 Å². The topological polar surface area (TPSA) is 77.1 Å². The van der Waals surface area contributed by atoms with E-state index in [9.17, 15) is 18.0 Å². The predicted octanol–water partition coefficient (Wildman–Crippen LogP) is 1.47. The monoisotopic (exact) mass is 391 g/mol. The number of amides is 1. The Kier molecular flexibility index (Phi) is 5.69. The van der Waals surface area contributed by atoms with Crippen LogP contribution < -0.4 is 10.2 Å². The van der Waals surface area contributed by atoms with Gasteiger partial charge in [-0.2, -0.15) is 13.2 Å². The highest BCUT2D eigenvalue weighted by molar-refractivity contribution is 5.92. The van der Waals surface area contributed by atoms with Crippen molar-refractivity contribution in [1.29, 1.82) is 0 Å². The number of hydrogen-bond donors (Lipinski definition) is 2. The number of rotatable bonds is 6. The Hall–Kier alpha value is -3.27. The van der Waals surface area contributed by atoms with Crippen LogP contribution in [0.25, 0.3) is 11.4 Å². The van der Waals surface area contributed by atoms with Crippen molar-refractivity contribution in [3.05, 3.63) is 60.2 Å². The molecule has 3 aromatic rings. The van der Waals surface area contributed by atoms with Crippen LogP contribution in [0.4, 0.5) is 18.9 Å². The SMILES string of the molecule is C[NH+](CC(=O)Nc1ccccc1C(F)(F)F)Cn1nnc(-c2ccccc2)n1. The molecular weight excluding hydrogens is 373 g/mol. The van der Waals surface area contributed by atoms with Gasteiger partial charge in [0, 0.05) is 5.56 Å². The molecule has 1 unspecified atom stereocenters. The van der Waals surface area contributed by atoms with Crippen molar-refractivity contribution in [3.8, 4) is 11.4 Å². The second kappa shape index (κ2) is 8.17. The zero-order chi connectivity index (χ0) is 20.1. The van der Waals surface area contributed by atoms with Crippen molar-refractivity contribution in [1.82, 2.24) is 20.2 Å². The predicted molar refractivity (Wildman–Crippen MR) is 95.1 cm³/mol. The summed E-state index contributed by atoms with van der Waals surface area (Å²) in [6.07, 6.45) is -4.54. The van der Waals surface area contributed by atoms with E-state index in [0.717, 1.165) is 11.6 Å². The van der Waals surface area contributed by atoms with Crippen LogP contribution >= 0.6 is 0 Å². The summed E-state index contributed by atoms with van der Waals surface area (Å²) in [5.41, 5.74) is -0.336. The molecule has 146 valence electrons. The van der Waals surface area contributed by atoms with Crippen LogP contribution in [-0.2, 0) is 17.6 Å². The van der Waals surface area contributed by atoms with Crippen LogP contribution in [0.2, 0.25) is 0 Å². The number of quaternary nitrogens is 1. The first-order chi connectivity index (χ1) is 13.3. The van der Waals surface area contributed by atoms with Gasteiger partial charge in [0.1, 0.15) is 0 Å². The van der Waals surface area contributed by atoms with Crippen molar-refractivity contribution >= 4 is 11.6 Å². The Morgan fingerprint density at radius 3 is 2.50 bits per heavy atom. The molecule has 7 nitrogen and oxygen atoms in total. The Morgan fingerprint density at radius 2 is 1.79 bits per heavy atom. The Morgan fingerprint density at radius 1 is 1.11 bits per heavy atom.